The summed E-state index contributed by atoms with van der Waals surface area (Å²) in [4.78, 5) is 24.1. The number of carbonyl (C=O) groups excluding carboxylic acids is 2. The minimum absolute atomic E-state index is 0. The van der Waals surface area contributed by atoms with Gasteiger partial charge in [0.25, 0.3) is 11.8 Å². The van der Waals surface area contributed by atoms with E-state index in [9.17, 15) is 9.59 Å². The first kappa shape index (κ1) is 22.1. The van der Waals surface area contributed by atoms with Crippen LogP contribution < -0.4 is 25.8 Å². The van der Waals surface area contributed by atoms with Crippen LogP contribution >= 0.6 is 12.4 Å². The number of halogens is 1. The van der Waals surface area contributed by atoms with E-state index < -0.39 is 0 Å². The molecule has 1 unspecified atom stereocenters. The molecule has 0 heterocycles. The lowest BCUT2D eigenvalue weighted by Crippen LogP contribution is -2.41. The van der Waals surface area contributed by atoms with Crippen molar-refractivity contribution >= 4 is 24.2 Å². The summed E-state index contributed by atoms with van der Waals surface area (Å²) in [6.45, 7) is 4.07. The van der Waals surface area contributed by atoms with Crippen LogP contribution in [0.2, 0.25) is 0 Å². The summed E-state index contributed by atoms with van der Waals surface area (Å²) in [6.07, 6.45) is 2.22. The van der Waals surface area contributed by atoms with E-state index in [0.29, 0.717) is 29.5 Å². The van der Waals surface area contributed by atoms with Gasteiger partial charge in [-0.2, -0.15) is 0 Å². The first-order valence-electron chi connectivity index (χ1n) is 8.55. The SMILES string of the molecule is COc1cc(C(=O)NC(CN)C2CC2)ccc1OCC(=O)NC(C)C.Cl. The standard InChI is InChI=1S/C18H27N3O4.ClH/c1-11(2)20-17(22)10-25-15-7-6-13(8-16(15)24-3)18(23)21-14(9-19)12-4-5-12;/h6-8,11-12,14H,4-5,9-10,19H2,1-3H3,(H,20,22)(H,21,23);1H. The minimum Gasteiger partial charge on any atom is -0.493 e. The van der Waals surface area contributed by atoms with Gasteiger partial charge in [0.1, 0.15) is 0 Å². The van der Waals surface area contributed by atoms with Crippen molar-refractivity contribution in [3.63, 3.8) is 0 Å². The molecular formula is C18H28ClN3O4. The Balaban J connectivity index is 0.00000338. The van der Waals surface area contributed by atoms with Gasteiger partial charge in [0.2, 0.25) is 0 Å². The molecule has 146 valence electrons. The molecule has 1 aromatic carbocycles. The number of ether oxygens (including phenoxy) is 2. The third kappa shape index (κ3) is 6.38. The van der Waals surface area contributed by atoms with Gasteiger partial charge < -0.3 is 25.8 Å². The molecule has 7 nitrogen and oxygen atoms in total. The molecule has 1 atom stereocenters. The van der Waals surface area contributed by atoms with Gasteiger partial charge in [-0.3, -0.25) is 9.59 Å². The molecule has 8 heteroatoms. The molecule has 0 spiro atoms. The smallest absolute Gasteiger partial charge is 0.258 e. The second-order valence-corrected chi connectivity index (χ2v) is 6.53. The summed E-state index contributed by atoms with van der Waals surface area (Å²) < 4.78 is 10.8. The number of rotatable bonds is 9. The molecule has 1 aromatic rings. The van der Waals surface area contributed by atoms with Gasteiger partial charge in [0.15, 0.2) is 18.1 Å². The quantitative estimate of drug-likeness (QED) is 0.597. The summed E-state index contributed by atoms with van der Waals surface area (Å²) in [5.41, 5.74) is 6.19. The van der Waals surface area contributed by atoms with Gasteiger partial charge >= 0.3 is 0 Å². The third-order valence-electron chi connectivity index (χ3n) is 4.00. The van der Waals surface area contributed by atoms with Gasteiger partial charge in [0.05, 0.1) is 7.11 Å². The molecule has 1 aliphatic carbocycles. The lowest BCUT2D eigenvalue weighted by Gasteiger charge is -2.17. The molecule has 0 radical (unpaired) electrons. The van der Waals surface area contributed by atoms with Gasteiger partial charge in [-0.15, -0.1) is 12.4 Å². The second-order valence-electron chi connectivity index (χ2n) is 6.53. The predicted octanol–water partition coefficient (Wildman–Crippen LogP) is 1.49. The van der Waals surface area contributed by atoms with E-state index in [1.807, 2.05) is 13.8 Å². The van der Waals surface area contributed by atoms with Crippen LogP contribution in [0.25, 0.3) is 0 Å². The summed E-state index contributed by atoms with van der Waals surface area (Å²) in [6, 6.07) is 4.94. The summed E-state index contributed by atoms with van der Waals surface area (Å²) >= 11 is 0. The molecule has 0 bridgehead atoms. The zero-order valence-electron chi connectivity index (χ0n) is 15.4. The van der Waals surface area contributed by atoms with E-state index >= 15 is 0 Å². The Hall–Kier alpha value is -1.99. The summed E-state index contributed by atoms with van der Waals surface area (Å²) in [5.74, 6) is 0.896. The molecule has 26 heavy (non-hydrogen) atoms. The Kier molecular flexibility index (Phi) is 8.68. The van der Waals surface area contributed by atoms with Crippen molar-refractivity contribution in [2.24, 2.45) is 11.7 Å². The zero-order chi connectivity index (χ0) is 18.4. The van der Waals surface area contributed by atoms with Gasteiger partial charge in [-0.05, 0) is 50.8 Å². The van der Waals surface area contributed by atoms with Crippen LogP contribution in [0.15, 0.2) is 18.2 Å². The average Bonchev–Trinajstić information content (AvgIpc) is 3.41. The zero-order valence-corrected chi connectivity index (χ0v) is 16.2. The number of methoxy groups -OCH3 is 1. The molecule has 1 saturated carbocycles. The largest absolute Gasteiger partial charge is 0.493 e. The monoisotopic (exact) mass is 385 g/mol. The fourth-order valence-corrected chi connectivity index (χ4v) is 2.55. The number of carbonyl (C=O) groups is 2. The molecule has 0 aromatic heterocycles. The van der Waals surface area contributed by atoms with Crippen LogP contribution in [0.5, 0.6) is 11.5 Å². The molecule has 2 rings (SSSR count). The fourth-order valence-electron chi connectivity index (χ4n) is 2.55. The highest BCUT2D eigenvalue weighted by atomic mass is 35.5. The van der Waals surface area contributed by atoms with Gasteiger partial charge in [0, 0.05) is 24.2 Å². The van der Waals surface area contributed by atoms with Crippen LogP contribution in [0.1, 0.15) is 37.0 Å². The fraction of sp³-hybridized carbons (Fsp3) is 0.556. The number of benzene rings is 1. The minimum atomic E-state index is -0.214. The topological polar surface area (TPSA) is 103 Å². The Morgan fingerprint density at radius 2 is 1.92 bits per heavy atom. The van der Waals surface area contributed by atoms with Crippen molar-refractivity contribution in [1.29, 1.82) is 0 Å². The highest BCUT2D eigenvalue weighted by molar-refractivity contribution is 5.95. The summed E-state index contributed by atoms with van der Waals surface area (Å²) in [7, 11) is 1.49. The maximum Gasteiger partial charge on any atom is 0.258 e. The number of hydrogen-bond donors (Lipinski definition) is 3. The molecule has 0 aliphatic heterocycles. The van der Waals surface area contributed by atoms with Gasteiger partial charge in [-0.1, -0.05) is 0 Å². The van der Waals surface area contributed by atoms with Crippen LogP contribution in [0.4, 0.5) is 0 Å². The van der Waals surface area contributed by atoms with Crippen molar-refractivity contribution in [2.45, 2.75) is 38.8 Å². The van der Waals surface area contributed by atoms with E-state index in [-0.39, 0.29) is 42.9 Å². The lowest BCUT2D eigenvalue weighted by molar-refractivity contribution is -0.123. The van der Waals surface area contributed by atoms with Crippen molar-refractivity contribution in [1.82, 2.24) is 10.6 Å². The summed E-state index contributed by atoms with van der Waals surface area (Å²) in [5, 5.41) is 5.71. The van der Waals surface area contributed by atoms with E-state index in [2.05, 4.69) is 10.6 Å². The Bertz CT molecular complexity index is 620. The van der Waals surface area contributed by atoms with E-state index in [4.69, 9.17) is 15.2 Å². The number of amides is 2. The molecular weight excluding hydrogens is 358 g/mol. The van der Waals surface area contributed by atoms with Crippen LogP contribution in [-0.4, -0.2) is 44.2 Å². The first-order chi connectivity index (χ1) is 11.9. The highest BCUT2D eigenvalue weighted by Crippen LogP contribution is 2.32. The van der Waals surface area contributed by atoms with Crippen LogP contribution in [-0.2, 0) is 4.79 Å². The van der Waals surface area contributed by atoms with E-state index in [1.54, 1.807) is 18.2 Å². The Morgan fingerprint density at radius 3 is 2.46 bits per heavy atom. The maximum absolute atomic E-state index is 12.4. The molecule has 2 amide bonds. The normalized spacial score (nSPS) is 14.2. The second kappa shape index (κ2) is 10.2. The van der Waals surface area contributed by atoms with Crippen molar-refractivity contribution in [3.8, 4) is 11.5 Å². The van der Waals surface area contributed by atoms with E-state index in [0.717, 1.165) is 12.8 Å². The first-order valence-corrected chi connectivity index (χ1v) is 8.55. The lowest BCUT2D eigenvalue weighted by atomic mass is 10.1. The highest BCUT2D eigenvalue weighted by Gasteiger charge is 2.31. The molecule has 4 N–H and O–H groups in total. The third-order valence-corrected chi connectivity index (χ3v) is 4.00. The number of hydrogen-bond acceptors (Lipinski definition) is 5. The van der Waals surface area contributed by atoms with E-state index in [1.165, 1.54) is 7.11 Å². The molecule has 1 aliphatic rings. The number of nitrogens with one attached hydrogen (secondary N) is 2. The van der Waals surface area contributed by atoms with Crippen molar-refractivity contribution in [3.05, 3.63) is 23.8 Å². The Labute approximate surface area is 160 Å². The Morgan fingerprint density at radius 1 is 1.23 bits per heavy atom. The van der Waals surface area contributed by atoms with Crippen molar-refractivity contribution in [2.75, 3.05) is 20.3 Å². The van der Waals surface area contributed by atoms with Gasteiger partial charge in [-0.25, -0.2) is 0 Å². The van der Waals surface area contributed by atoms with Crippen molar-refractivity contribution < 1.29 is 19.1 Å². The number of nitrogens with two attached hydrogens (primary N) is 1. The van der Waals surface area contributed by atoms with Crippen LogP contribution in [0, 0.1) is 5.92 Å². The molecule has 0 saturated heterocycles. The average molecular weight is 386 g/mol. The predicted molar refractivity (Wildman–Crippen MR) is 102 cm³/mol. The van der Waals surface area contributed by atoms with Crippen LogP contribution in [0.3, 0.4) is 0 Å². The maximum atomic E-state index is 12.4. The molecule has 1 fully saturated rings.